The van der Waals surface area contributed by atoms with Crippen molar-refractivity contribution in [1.82, 2.24) is 25.1 Å². The molecule has 1 N–H and O–H groups in total. The molecule has 1 aliphatic carbocycles. The molecule has 0 spiro atoms. The van der Waals surface area contributed by atoms with Crippen LogP contribution < -0.4 is 9.47 Å². The Bertz CT molecular complexity index is 1050. The van der Waals surface area contributed by atoms with E-state index in [4.69, 9.17) is 14.6 Å². The molecule has 3 aromatic rings. The summed E-state index contributed by atoms with van der Waals surface area (Å²) in [6.07, 6.45) is 3.19. The zero-order chi connectivity index (χ0) is 18.4. The topological polar surface area (TPSA) is 90.2 Å². The van der Waals surface area contributed by atoms with Gasteiger partial charge in [0.05, 0.1) is 19.9 Å². The van der Waals surface area contributed by atoms with Gasteiger partial charge in [0.1, 0.15) is 17.2 Å². The Morgan fingerprint density at radius 3 is 2.93 bits per heavy atom. The van der Waals surface area contributed by atoms with E-state index in [-0.39, 0.29) is 0 Å². The number of hydrogen-bond donors (Lipinski definition) is 1. The van der Waals surface area contributed by atoms with Gasteiger partial charge >= 0.3 is 0 Å². The lowest BCUT2D eigenvalue weighted by Crippen LogP contribution is -2.15. The number of thioether (sulfide) groups is 1. The van der Waals surface area contributed by atoms with E-state index in [1.807, 2.05) is 18.2 Å². The van der Waals surface area contributed by atoms with Gasteiger partial charge < -0.3 is 9.47 Å². The summed E-state index contributed by atoms with van der Waals surface area (Å²) >= 11 is 1.60. The third kappa shape index (κ3) is 2.61. The number of hydrogen-bond acceptors (Lipinski definition) is 7. The molecule has 0 fully saturated rings. The van der Waals surface area contributed by atoms with Gasteiger partial charge in [-0.2, -0.15) is 14.9 Å². The molecule has 0 saturated carbocycles. The number of aromatic amines is 1. The van der Waals surface area contributed by atoms with Crippen molar-refractivity contribution >= 4 is 17.5 Å². The van der Waals surface area contributed by atoms with Gasteiger partial charge in [-0.25, -0.2) is 0 Å². The minimum Gasteiger partial charge on any atom is -0.497 e. The van der Waals surface area contributed by atoms with Gasteiger partial charge in [-0.15, -0.1) is 10.2 Å². The number of fused-ring (bicyclic) bond motifs is 2. The maximum absolute atomic E-state index is 5.53. The number of methoxy groups -OCH3 is 2. The van der Waals surface area contributed by atoms with Crippen LogP contribution in [0.4, 0.5) is 0 Å². The van der Waals surface area contributed by atoms with E-state index in [9.17, 15) is 0 Å². The summed E-state index contributed by atoms with van der Waals surface area (Å²) in [7, 11) is 3.31. The Balaban J connectivity index is 1.62. The molecule has 2 aromatic heterocycles. The standard InChI is InChI=1S/C18H18N6O2S/c1-25-10-6-7-15(26-2)12(8-10)14-9-27-18-22-21-17(24(18)23-14)16-11-4-3-5-13(11)19-20-16/h6-8H,3-5,9H2,1-2H3,(H,19,20). The molecular formula is C18H18N6O2S. The summed E-state index contributed by atoms with van der Waals surface area (Å²) < 4.78 is 12.7. The van der Waals surface area contributed by atoms with Crippen molar-refractivity contribution in [1.29, 1.82) is 0 Å². The number of benzene rings is 1. The van der Waals surface area contributed by atoms with Crippen LogP contribution in [0, 0.1) is 0 Å². The minimum atomic E-state index is 0.677. The van der Waals surface area contributed by atoms with Crippen molar-refractivity contribution in [2.45, 2.75) is 24.4 Å². The summed E-state index contributed by atoms with van der Waals surface area (Å²) in [5, 5.41) is 21.9. The molecule has 0 saturated heterocycles. The second-order valence-corrected chi connectivity index (χ2v) is 7.34. The predicted octanol–water partition coefficient (Wildman–Crippen LogP) is 2.53. The van der Waals surface area contributed by atoms with Crippen LogP contribution in [-0.4, -0.2) is 50.8 Å². The normalized spacial score (nSPS) is 15.3. The molecule has 9 heteroatoms. The average Bonchev–Trinajstić information content (AvgIpc) is 3.42. The summed E-state index contributed by atoms with van der Waals surface area (Å²) in [6.45, 7) is 0. The van der Waals surface area contributed by atoms with Crippen molar-refractivity contribution < 1.29 is 9.47 Å². The number of rotatable bonds is 4. The van der Waals surface area contributed by atoms with Crippen LogP contribution in [0.1, 0.15) is 23.2 Å². The molecule has 0 atom stereocenters. The Kier molecular flexibility index (Phi) is 3.89. The maximum Gasteiger partial charge on any atom is 0.212 e. The smallest absolute Gasteiger partial charge is 0.212 e. The first-order chi connectivity index (χ1) is 13.3. The minimum absolute atomic E-state index is 0.677. The molecule has 3 heterocycles. The van der Waals surface area contributed by atoms with E-state index in [1.54, 1.807) is 30.7 Å². The lowest BCUT2D eigenvalue weighted by Gasteiger charge is -2.16. The highest BCUT2D eigenvalue weighted by Crippen LogP contribution is 2.34. The molecule has 5 rings (SSSR count). The van der Waals surface area contributed by atoms with Crippen molar-refractivity contribution in [3.05, 3.63) is 35.0 Å². The van der Waals surface area contributed by atoms with Crippen LogP contribution in [0.2, 0.25) is 0 Å². The van der Waals surface area contributed by atoms with E-state index in [2.05, 4.69) is 20.4 Å². The SMILES string of the molecule is COc1ccc(OC)c(C2=Nn3c(nnc3-c3n[nH]c4c3CCC4)SC2)c1. The first-order valence-electron chi connectivity index (χ1n) is 8.73. The summed E-state index contributed by atoms with van der Waals surface area (Å²) in [4.78, 5) is 0. The van der Waals surface area contributed by atoms with E-state index in [0.29, 0.717) is 11.6 Å². The van der Waals surface area contributed by atoms with Gasteiger partial charge in [0.25, 0.3) is 0 Å². The number of nitrogens with one attached hydrogen (secondary N) is 1. The zero-order valence-corrected chi connectivity index (χ0v) is 15.8. The predicted molar refractivity (Wildman–Crippen MR) is 102 cm³/mol. The van der Waals surface area contributed by atoms with Gasteiger partial charge in [-0.3, -0.25) is 5.10 Å². The molecule has 1 aliphatic heterocycles. The van der Waals surface area contributed by atoms with Gasteiger partial charge in [0, 0.05) is 22.6 Å². The molecule has 0 amide bonds. The van der Waals surface area contributed by atoms with E-state index < -0.39 is 0 Å². The van der Waals surface area contributed by atoms with Gasteiger partial charge in [0.15, 0.2) is 0 Å². The first-order valence-corrected chi connectivity index (χ1v) is 9.72. The molecule has 27 heavy (non-hydrogen) atoms. The van der Waals surface area contributed by atoms with Gasteiger partial charge in [0.2, 0.25) is 11.0 Å². The van der Waals surface area contributed by atoms with Crippen LogP contribution in [0.25, 0.3) is 11.5 Å². The molecule has 2 aliphatic rings. The molecule has 138 valence electrons. The highest BCUT2D eigenvalue weighted by atomic mass is 32.2. The Morgan fingerprint density at radius 2 is 2.07 bits per heavy atom. The van der Waals surface area contributed by atoms with E-state index >= 15 is 0 Å². The van der Waals surface area contributed by atoms with Crippen LogP contribution in [0.15, 0.2) is 28.5 Å². The van der Waals surface area contributed by atoms with Crippen LogP contribution >= 0.6 is 11.8 Å². The van der Waals surface area contributed by atoms with Gasteiger partial charge in [-0.05, 0) is 37.5 Å². The molecule has 0 unspecified atom stereocenters. The monoisotopic (exact) mass is 382 g/mol. The molecular weight excluding hydrogens is 364 g/mol. The molecule has 0 bridgehead atoms. The van der Waals surface area contributed by atoms with Crippen LogP contribution in [0.5, 0.6) is 11.5 Å². The second kappa shape index (κ2) is 6.41. The highest BCUT2D eigenvalue weighted by molar-refractivity contribution is 7.99. The molecule has 8 nitrogen and oxygen atoms in total. The molecule has 0 radical (unpaired) electrons. The Morgan fingerprint density at radius 1 is 1.15 bits per heavy atom. The Labute approximate surface area is 160 Å². The third-order valence-corrected chi connectivity index (χ3v) is 5.84. The fourth-order valence-electron chi connectivity index (χ4n) is 3.55. The fraction of sp³-hybridized carbons (Fsp3) is 0.333. The number of ether oxygens (including phenoxy) is 2. The number of aromatic nitrogens is 5. The number of H-pyrrole nitrogens is 1. The first kappa shape index (κ1) is 16.4. The lowest BCUT2D eigenvalue weighted by molar-refractivity contribution is 0.402. The lowest BCUT2D eigenvalue weighted by atomic mass is 10.1. The number of aryl methyl sites for hydroxylation is 1. The van der Waals surface area contributed by atoms with Crippen molar-refractivity contribution in [3.8, 4) is 23.0 Å². The van der Waals surface area contributed by atoms with E-state index in [1.165, 1.54) is 11.3 Å². The summed E-state index contributed by atoms with van der Waals surface area (Å²) in [5.74, 6) is 2.88. The van der Waals surface area contributed by atoms with Crippen molar-refractivity contribution in [2.24, 2.45) is 5.10 Å². The van der Waals surface area contributed by atoms with Gasteiger partial charge in [-0.1, -0.05) is 11.8 Å². The fourth-order valence-corrected chi connectivity index (χ4v) is 4.38. The van der Waals surface area contributed by atoms with Crippen LogP contribution in [-0.2, 0) is 12.8 Å². The van der Waals surface area contributed by atoms with E-state index in [0.717, 1.165) is 52.9 Å². The summed E-state index contributed by atoms with van der Waals surface area (Å²) in [5.41, 5.74) is 5.07. The average molecular weight is 382 g/mol. The van der Waals surface area contributed by atoms with Crippen molar-refractivity contribution in [2.75, 3.05) is 20.0 Å². The molecule has 1 aromatic carbocycles. The quantitative estimate of drug-likeness (QED) is 0.746. The zero-order valence-electron chi connectivity index (χ0n) is 15.0. The van der Waals surface area contributed by atoms with Crippen LogP contribution in [0.3, 0.4) is 0 Å². The summed E-state index contributed by atoms with van der Waals surface area (Å²) in [6, 6.07) is 5.71. The van der Waals surface area contributed by atoms with Crippen molar-refractivity contribution in [3.63, 3.8) is 0 Å². The largest absolute Gasteiger partial charge is 0.497 e. The highest BCUT2D eigenvalue weighted by Gasteiger charge is 2.27. The third-order valence-electron chi connectivity index (χ3n) is 4.91. The maximum atomic E-state index is 5.53. The Hall–Kier alpha value is -2.81. The second-order valence-electron chi connectivity index (χ2n) is 6.40. The number of nitrogens with zero attached hydrogens (tertiary/aromatic N) is 5.